The number of aryl methyl sites for hydroxylation is 2. The van der Waals surface area contributed by atoms with Crippen LogP contribution in [0, 0.1) is 5.82 Å². The number of carboxylic acid groups (broad SMARTS) is 1. The van der Waals surface area contributed by atoms with Gasteiger partial charge in [-0.3, -0.25) is 4.79 Å². The summed E-state index contributed by atoms with van der Waals surface area (Å²) < 4.78 is 17.1. The molecule has 0 amide bonds. The molecule has 0 spiro atoms. The van der Waals surface area contributed by atoms with Crippen molar-refractivity contribution in [1.82, 2.24) is 4.57 Å². The number of fused-ring (bicyclic) bond motifs is 7. The van der Waals surface area contributed by atoms with Crippen molar-refractivity contribution in [1.29, 1.82) is 0 Å². The van der Waals surface area contributed by atoms with Crippen molar-refractivity contribution in [2.75, 3.05) is 17.2 Å². The lowest BCUT2D eigenvalue weighted by Crippen LogP contribution is -2.31. The number of rotatable bonds is 1. The Morgan fingerprint density at radius 3 is 3.00 bits per heavy atom. The van der Waals surface area contributed by atoms with Gasteiger partial charge in [-0.2, -0.15) is 0 Å². The number of carboxylic acids is 1. The highest BCUT2D eigenvalue weighted by molar-refractivity contribution is 7.99. The monoisotopic (exact) mass is 389 g/mol. The fraction of sp³-hybridized carbons (Fsp3) is 0.474. The second kappa shape index (κ2) is 5.97. The number of benzene rings is 1. The van der Waals surface area contributed by atoms with Gasteiger partial charge in [0.25, 0.3) is 0 Å². The van der Waals surface area contributed by atoms with Gasteiger partial charge >= 0.3 is 5.97 Å². The minimum atomic E-state index is -1.25. The lowest BCUT2D eigenvalue weighted by atomic mass is 9.99. The zero-order valence-corrected chi connectivity index (χ0v) is 15.5. The van der Waals surface area contributed by atoms with E-state index in [4.69, 9.17) is 5.73 Å². The molecule has 1 fully saturated rings. The molecular weight excluding hydrogens is 369 g/mol. The minimum Gasteiger partial charge on any atom is -0.477 e. The van der Waals surface area contributed by atoms with Crippen LogP contribution in [0.2, 0.25) is 0 Å². The molecule has 0 aliphatic carbocycles. The number of pyridine rings is 1. The fourth-order valence-electron chi connectivity index (χ4n) is 4.98. The molecule has 5 rings (SSSR count). The highest BCUT2D eigenvalue weighted by Crippen LogP contribution is 2.42. The Bertz CT molecular complexity index is 1050. The first-order chi connectivity index (χ1) is 13.0. The van der Waals surface area contributed by atoms with Crippen LogP contribution in [0.3, 0.4) is 0 Å². The second-order valence-electron chi connectivity index (χ2n) is 7.59. The van der Waals surface area contributed by atoms with Crippen LogP contribution in [0.5, 0.6) is 0 Å². The average Bonchev–Trinajstić information content (AvgIpc) is 3.17. The first-order valence-corrected chi connectivity index (χ1v) is 10.3. The molecule has 142 valence electrons. The highest BCUT2D eigenvalue weighted by atomic mass is 32.2. The van der Waals surface area contributed by atoms with E-state index in [2.05, 4.69) is 4.90 Å². The van der Waals surface area contributed by atoms with Gasteiger partial charge in [0.1, 0.15) is 11.4 Å². The van der Waals surface area contributed by atoms with E-state index in [1.807, 2.05) is 4.57 Å². The van der Waals surface area contributed by atoms with E-state index in [0.717, 1.165) is 24.8 Å². The Morgan fingerprint density at radius 1 is 1.41 bits per heavy atom. The summed E-state index contributed by atoms with van der Waals surface area (Å²) in [6, 6.07) is 1.49. The van der Waals surface area contributed by atoms with Crippen molar-refractivity contribution in [3.8, 4) is 0 Å². The van der Waals surface area contributed by atoms with E-state index in [9.17, 15) is 14.7 Å². The summed E-state index contributed by atoms with van der Waals surface area (Å²) in [6.07, 6.45) is 3.38. The quantitative estimate of drug-likeness (QED) is 0.777. The van der Waals surface area contributed by atoms with Crippen LogP contribution in [0.25, 0.3) is 10.9 Å². The van der Waals surface area contributed by atoms with Gasteiger partial charge in [-0.15, -0.1) is 11.8 Å². The standard InChI is InChI=1S/C19H20FN3O3S/c20-13-7-12-15(22-4-5-27-18(22)14(17(12)24)19(25)26)11-3-1-2-10-6-9(21)8-23(10)16(11)13/h7,9-10H,1-6,8,21H2,(H,25,26)/t9-,10+/m0/s1. The largest absolute Gasteiger partial charge is 0.477 e. The maximum Gasteiger partial charge on any atom is 0.342 e. The van der Waals surface area contributed by atoms with Crippen molar-refractivity contribution >= 4 is 34.3 Å². The molecule has 4 heterocycles. The van der Waals surface area contributed by atoms with Crippen molar-refractivity contribution in [2.45, 2.75) is 49.3 Å². The van der Waals surface area contributed by atoms with Crippen LogP contribution in [0.1, 0.15) is 35.2 Å². The van der Waals surface area contributed by atoms with Crippen molar-refractivity contribution in [3.05, 3.63) is 33.2 Å². The fourth-order valence-corrected chi connectivity index (χ4v) is 6.11. The SMILES string of the molecule is N[C@H]1C[C@H]2CCCc3c(c(F)cc4c(=O)c(C(=O)O)c5n(c34)CCS5)N2C1. The van der Waals surface area contributed by atoms with E-state index in [1.165, 1.54) is 17.8 Å². The van der Waals surface area contributed by atoms with Gasteiger partial charge in [-0.1, -0.05) is 0 Å². The van der Waals surface area contributed by atoms with Crippen LogP contribution in [-0.4, -0.2) is 40.0 Å². The lowest BCUT2D eigenvalue weighted by Gasteiger charge is -2.27. The van der Waals surface area contributed by atoms with Crippen molar-refractivity contribution in [3.63, 3.8) is 0 Å². The van der Waals surface area contributed by atoms with Crippen molar-refractivity contribution in [2.24, 2.45) is 5.73 Å². The Labute approximate surface area is 159 Å². The minimum absolute atomic E-state index is 0.0226. The third-order valence-corrected chi connectivity index (χ3v) is 7.08. The molecule has 0 radical (unpaired) electrons. The number of anilines is 1. The summed E-state index contributed by atoms with van der Waals surface area (Å²) in [5, 5.41) is 10.2. The van der Waals surface area contributed by atoms with Crippen LogP contribution in [0.15, 0.2) is 15.9 Å². The number of nitrogens with two attached hydrogens (primary N) is 1. The number of thioether (sulfide) groups is 1. The molecule has 3 aliphatic rings. The van der Waals surface area contributed by atoms with Gasteiger partial charge in [-0.05, 0) is 31.7 Å². The predicted molar refractivity (Wildman–Crippen MR) is 103 cm³/mol. The zero-order valence-electron chi connectivity index (χ0n) is 14.7. The van der Waals surface area contributed by atoms with E-state index in [-0.39, 0.29) is 23.0 Å². The Kier molecular flexibility index (Phi) is 3.77. The first-order valence-electron chi connectivity index (χ1n) is 9.27. The molecule has 2 atom stereocenters. The van der Waals surface area contributed by atoms with E-state index < -0.39 is 17.2 Å². The van der Waals surface area contributed by atoms with Crippen LogP contribution in [0.4, 0.5) is 10.1 Å². The average molecular weight is 389 g/mol. The Balaban J connectivity index is 1.88. The molecule has 0 unspecified atom stereocenters. The normalized spacial score (nSPS) is 23.9. The van der Waals surface area contributed by atoms with Crippen molar-refractivity contribution < 1.29 is 14.3 Å². The maximum absolute atomic E-state index is 15.2. The van der Waals surface area contributed by atoms with Crippen LogP contribution < -0.4 is 16.1 Å². The van der Waals surface area contributed by atoms with Gasteiger partial charge in [-0.25, -0.2) is 9.18 Å². The predicted octanol–water partition coefficient (Wildman–Crippen LogP) is 2.19. The number of hydrogen-bond acceptors (Lipinski definition) is 5. The summed E-state index contributed by atoms with van der Waals surface area (Å²) in [4.78, 5) is 26.7. The van der Waals surface area contributed by atoms with Gasteiger partial charge in [0.05, 0.1) is 16.2 Å². The number of carbonyl (C=O) groups is 1. The summed E-state index contributed by atoms with van der Waals surface area (Å²) in [7, 11) is 0. The zero-order chi connectivity index (χ0) is 18.9. The smallest absolute Gasteiger partial charge is 0.342 e. The molecule has 1 aromatic heterocycles. The molecule has 0 saturated carbocycles. The summed E-state index contributed by atoms with van der Waals surface area (Å²) in [5.74, 6) is -0.985. The number of aromatic carboxylic acids is 1. The summed E-state index contributed by atoms with van der Waals surface area (Å²) in [6.45, 7) is 1.23. The van der Waals surface area contributed by atoms with Gasteiger partial charge in [0.2, 0.25) is 5.43 Å². The maximum atomic E-state index is 15.2. The van der Waals surface area contributed by atoms with Crippen LogP contribution >= 0.6 is 11.8 Å². The molecular formula is C19H20FN3O3S. The molecule has 27 heavy (non-hydrogen) atoms. The lowest BCUT2D eigenvalue weighted by molar-refractivity contribution is 0.0690. The molecule has 6 nitrogen and oxygen atoms in total. The number of halogens is 1. The highest BCUT2D eigenvalue weighted by Gasteiger charge is 2.37. The third-order valence-electron chi connectivity index (χ3n) is 5.99. The van der Waals surface area contributed by atoms with E-state index in [0.29, 0.717) is 41.5 Å². The molecule has 8 heteroatoms. The number of hydrogen-bond donors (Lipinski definition) is 2. The number of aromatic nitrogens is 1. The van der Waals surface area contributed by atoms with Crippen LogP contribution in [-0.2, 0) is 13.0 Å². The molecule has 2 aromatic rings. The number of nitrogens with zero attached hydrogens (tertiary/aromatic N) is 2. The van der Waals surface area contributed by atoms with E-state index >= 15 is 4.39 Å². The Morgan fingerprint density at radius 2 is 2.22 bits per heavy atom. The van der Waals surface area contributed by atoms with Gasteiger partial charge < -0.3 is 20.3 Å². The molecule has 3 N–H and O–H groups in total. The third kappa shape index (κ3) is 2.36. The second-order valence-corrected chi connectivity index (χ2v) is 8.67. The summed E-state index contributed by atoms with van der Waals surface area (Å²) >= 11 is 1.39. The van der Waals surface area contributed by atoms with Gasteiger partial charge in [0.15, 0.2) is 0 Å². The first kappa shape index (κ1) is 17.1. The van der Waals surface area contributed by atoms with E-state index in [1.54, 1.807) is 0 Å². The topological polar surface area (TPSA) is 88.6 Å². The molecule has 0 bridgehead atoms. The molecule has 3 aliphatic heterocycles. The Hall–Kier alpha value is -2.06. The molecule has 1 saturated heterocycles. The summed E-state index contributed by atoms with van der Waals surface area (Å²) in [5.41, 5.74) is 7.43. The van der Waals surface area contributed by atoms with Gasteiger partial charge in [0, 0.05) is 41.9 Å². The molecule has 1 aromatic carbocycles.